The Morgan fingerprint density at radius 3 is 2.52 bits per heavy atom. The zero-order valence-electron chi connectivity index (χ0n) is 13.1. The van der Waals surface area contributed by atoms with Crippen LogP contribution in [0.3, 0.4) is 0 Å². The van der Waals surface area contributed by atoms with E-state index in [9.17, 15) is 9.59 Å². The van der Waals surface area contributed by atoms with Crippen LogP contribution in [-0.4, -0.2) is 25.7 Å². The molecule has 0 atom stereocenters. The standard InChI is InChI=1S/C18H18O5/c1-3-11-22-16-10-5-4-9-15(16)18(20)23-14-8-6-7-13(12-14)17(19)21-2/h4-10,12H,3,11H2,1-2H3. The Morgan fingerprint density at radius 1 is 1.00 bits per heavy atom. The van der Waals surface area contributed by atoms with Crippen molar-refractivity contribution in [3.05, 3.63) is 59.7 Å². The van der Waals surface area contributed by atoms with Gasteiger partial charge >= 0.3 is 11.9 Å². The Morgan fingerprint density at radius 2 is 1.78 bits per heavy atom. The molecule has 2 rings (SSSR count). The second-order valence-corrected chi connectivity index (χ2v) is 4.75. The normalized spacial score (nSPS) is 10.0. The van der Waals surface area contributed by atoms with Crippen LogP contribution in [0.15, 0.2) is 48.5 Å². The molecule has 0 bridgehead atoms. The molecule has 0 N–H and O–H groups in total. The molecule has 2 aromatic carbocycles. The number of hydrogen-bond acceptors (Lipinski definition) is 5. The third-order valence-corrected chi connectivity index (χ3v) is 3.03. The van der Waals surface area contributed by atoms with Crippen LogP contribution in [0.2, 0.25) is 0 Å². The first-order valence-electron chi connectivity index (χ1n) is 7.28. The topological polar surface area (TPSA) is 61.8 Å². The molecule has 120 valence electrons. The summed E-state index contributed by atoms with van der Waals surface area (Å²) in [6.07, 6.45) is 0.838. The van der Waals surface area contributed by atoms with Crippen molar-refractivity contribution in [2.45, 2.75) is 13.3 Å². The van der Waals surface area contributed by atoms with E-state index in [2.05, 4.69) is 4.74 Å². The third-order valence-electron chi connectivity index (χ3n) is 3.03. The maximum absolute atomic E-state index is 12.3. The van der Waals surface area contributed by atoms with Gasteiger partial charge in [0.2, 0.25) is 0 Å². The van der Waals surface area contributed by atoms with Crippen LogP contribution < -0.4 is 9.47 Å². The van der Waals surface area contributed by atoms with E-state index in [0.29, 0.717) is 23.5 Å². The summed E-state index contributed by atoms with van der Waals surface area (Å²) in [7, 11) is 1.29. The summed E-state index contributed by atoms with van der Waals surface area (Å²) in [4.78, 5) is 23.8. The Kier molecular flexibility index (Phi) is 5.74. The highest BCUT2D eigenvalue weighted by molar-refractivity contribution is 5.94. The van der Waals surface area contributed by atoms with E-state index in [1.807, 2.05) is 6.92 Å². The molecule has 2 aromatic rings. The maximum atomic E-state index is 12.3. The Labute approximate surface area is 134 Å². The number of carbonyl (C=O) groups is 2. The average molecular weight is 314 g/mol. The van der Waals surface area contributed by atoms with E-state index < -0.39 is 11.9 Å². The summed E-state index contributed by atoms with van der Waals surface area (Å²) in [6.45, 7) is 2.50. The molecule has 0 aromatic heterocycles. The van der Waals surface area contributed by atoms with Crippen molar-refractivity contribution < 1.29 is 23.8 Å². The summed E-state index contributed by atoms with van der Waals surface area (Å²) in [5, 5.41) is 0. The van der Waals surface area contributed by atoms with E-state index in [-0.39, 0.29) is 5.75 Å². The van der Waals surface area contributed by atoms with Crippen molar-refractivity contribution in [2.24, 2.45) is 0 Å². The fraction of sp³-hybridized carbons (Fsp3) is 0.222. The summed E-state index contributed by atoms with van der Waals surface area (Å²) in [5.74, 6) is -0.292. The lowest BCUT2D eigenvalue weighted by Crippen LogP contribution is -2.11. The first-order valence-corrected chi connectivity index (χ1v) is 7.28. The zero-order chi connectivity index (χ0) is 16.7. The molecule has 0 aliphatic carbocycles. The van der Waals surface area contributed by atoms with Gasteiger partial charge in [0.25, 0.3) is 0 Å². The molecule has 0 saturated heterocycles. The van der Waals surface area contributed by atoms with Crippen LogP contribution in [0.4, 0.5) is 0 Å². The minimum absolute atomic E-state index is 0.267. The lowest BCUT2D eigenvalue weighted by Gasteiger charge is -2.10. The van der Waals surface area contributed by atoms with Gasteiger partial charge in [-0.15, -0.1) is 0 Å². The van der Waals surface area contributed by atoms with E-state index in [1.165, 1.54) is 13.2 Å². The predicted molar refractivity (Wildman–Crippen MR) is 85.0 cm³/mol. The smallest absolute Gasteiger partial charge is 0.347 e. The molecular formula is C18H18O5. The number of para-hydroxylation sites is 1. The number of carbonyl (C=O) groups excluding carboxylic acids is 2. The first-order chi connectivity index (χ1) is 11.2. The molecule has 0 spiro atoms. The molecule has 23 heavy (non-hydrogen) atoms. The average Bonchev–Trinajstić information content (AvgIpc) is 2.59. The van der Waals surface area contributed by atoms with Gasteiger partial charge in [-0.05, 0) is 36.8 Å². The van der Waals surface area contributed by atoms with Gasteiger partial charge < -0.3 is 14.2 Å². The van der Waals surface area contributed by atoms with Gasteiger partial charge in [-0.25, -0.2) is 9.59 Å². The second-order valence-electron chi connectivity index (χ2n) is 4.75. The minimum atomic E-state index is -0.543. The van der Waals surface area contributed by atoms with Crippen LogP contribution in [0.5, 0.6) is 11.5 Å². The Hall–Kier alpha value is -2.82. The maximum Gasteiger partial charge on any atom is 0.347 e. The molecule has 5 nitrogen and oxygen atoms in total. The van der Waals surface area contributed by atoms with E-state index in [0.717, 1.165) is 6.42 Å². The molecule has 0 saturated carbocycles. The predicted octanol–water partition coefficient (Wildman–Crippen LogP) is 3.48. The van der Waals surface area contributed by atoms with Crippen molar-refractivity contribution in [1.29, 1.82) is 0 Å². The van der Waals surface area contributed by atoms with Gasteiger partial charge in [0.15, 0.2) is 0 Å². The van der Waals surface area contributed by atoms with Crippen LogP contribution in [0, 0.1) is 0 Å². The van der Waals surface area contributed by atoms with Crippen molar-refractivity contribution in [3.63, 3.8) is 0 Å². The molecule has 5 heteroatoms. The molecule has 0 aliphatic heterocycles. The number of rotatable bonds is 6. The van der Waals surface area contributed by atoms with Crippen LogP contribution in [-0.2, 0) is 4.74 Å². The summed E-state index contributed by atoms with van der Waals surface area (Å²) in [6, 6.07) is 13.1. The van der Waals surface area contributed by atoms with Crippen LogP contribution in [0.1, 0.15) is 34.1 Å². The van der Waals surface area contributed by atoms with Gasteiger partial charge in [-0.1, -0.05) is 25.1 Å². The number of hydrogen-bond donors (Lipinski definition) is 0. The monoisotopic (exact) mass is 314 g/mol. The summed E-state index contributed by atoms with van der Waals surface area (Å²) >= 11 is 0. The minimum Gasteiger partial charge on any atom is -0.493 e. The lowest BCUT2D eigenvalue weighted by atomic mass is 10.2. The largest absolute Gasteiger partial charge is 0.493 e. The first kappa shape index (κ1) is 16.5. The SMILES string of the molecule is CCCOc1ccccc1C(=O)Oc1cccc(C(=O)OC)c1. The molecule has 0 amide bonds. The highest BCUT2D eigenvalue weighted by Gasteiger charge is 2.15. The summed E-state index contributed by atoms with van der Waals surface area (Å²) in [5.41, 5.74) is 0.651. The van der Waals surface area contributed by atoms with Gasteiger partial charge in [0.05, 0.1) is 19.3 Å². The van der Waals surface area contributed by atoms with Gasteiger partial charge in [0.1, 0.15) is 17.1 Å². The van der Waals surface area contributed by atoms with Gasteiger partial charge in [0, 0.05) is 0 Å². The van der Waals surface area contributed by atoms with Gasteiger partial charge in [-0.2, -0.15) is 0 Å². The summed E-state index contributed by atoms with van der Waals surface area (Å²) < 4.78 is 15.5. The van der Waals surface area contributed by atoms with Crippen molar-refractivity contribution in [2.75, 3.05) is 13.7 Å². The second kappa shape index (κ2) is 7.98. The highest BCUT2D eigenvalue weighted by atomic mass is 16.5. The van der Waals surface area contributed by atoms with Crippen LogP contribution in [0.25, 0.3) is 0 Å². The Balaban J connectivity index is 2.18. The van der Waals surface area contributed by atoms with Crippen LogP contribution >= 0.6 is 0 Å². The van der Waals surface area contributed by atoms with E-state index >= 15 is 0 Å². The fourth-order valence-corrected chi connectivity index (χ4v) is 1.94. The number of esters is 2. The Bertz CT molecular complexity index is 693. The lowest BCUT2D eigenvalue weighted by molar-refractivity contribution is 0.0597. The highest BCUT2D eigenvalue weighted by Crippen LogP contribution is 2.21. The number of methoxy groups -OCH3 is 1. The van der Waals surface area contributed by atoms with E-state index in [4.69, 9.17) is 9.47 Å². The molecule has 0 fully saturated rings. The van der Waals surface area contributed by atoms with Crippen molar-refractivity contribution in [3.8, 4) is 11.5 Å². The third kappa shape index (κ3) is 4.32. The molecule has 0 aliphatic rings. The molecule has 0 heterocycles. The molecule has 0 radical (unpaired) electrons. The number of ether oxygens (including phenoxy) is 3. The zero-order valence-corrected chi connectivity index (χ0v) is 13.1. The number of benzene rings is 2. The quantitative estimate of drug-likeness (QED) is 0.603. The van der Waals surface area contributed by atoms with E-state index in [1.54, 1.807) is 42.5 Å². The van der Waals surface area contributed by atoms with Crippen molar-refractivity contribution in [1.82, 2.24) is 0 Å². The molecule has 0 unspecified atom stereocenters. The van der Waals surface area contributed by atoms with Gasteiger partial charge in [-0.3, -0.25) is 0 Å². The fourth-order valence-electron chi connectivity index (χ4n) is 1.94. The van der Waals surface area contributed by atoms with Crippen molar-refractivity contribution >= 4 is 11.9 Å². The molecular weight excluding hydrogens is 296 g/mol.